The first-order chi connectivity index (χ1) is 17.6. The molecular weight excluding hydrogens is 452 g/mol. The van der Waals surface area contributed by atoms with Crippen molar-refractivity contribution in [3.63, 3.8) is 0 Å². The van der Waals surface area contributed by atoms with Crippen molar-refractivity contribution in [1.29, 1.82) is 0 Å². The van der Waals surface area contributed by atoms with Crippen molar-refractivity contribution in [3.05, 3.63) is 59.8 Å². The Kier molecular flexibility index (Phi) is 14.8. The minimum absolute atomic E-state index is 0.0396. The summed E-state index contributed by atoms with van der Waals surface area (Å²) in [7, 11) is 0. The van der Waals surface area contributed by atoms with E-state index in [9.17, 15) is 9.90 Å². The van der Waals surface area contributed by atoms with Gasteiger partial charge in [0.05, 0.1) is 25.2 Å². The van der Waals surface area contributed by atoms with Gasteiger partial charge in [-0.1, -0.05) is 95.2 Å². The molecule has 3 atom stereocenters. The van der Waals surface area contributed by atoms with Crippen molar-refractivity contribution in [3.8, 4) is 5.88 Å². The lowest BCUT2D eigenvalue weighted by molar-refractivity contribution is -0.138. The predicted octanol–water partition coefficient (Wildman–Crippen LogP) is 6.51. The van der Waals surface area contributed by atoms with Gasteiger partial charge in [0, 0.05) is 12.3 Å². The number of nitrogens with one attached hydrogen (secondary N) is 1. The molecule has 0 bridgehead atoms. The number of carboxylic acids is 1. The Balaban J connectivity index is 0.000000313. The largest absolute Gasteiger partial charge is 0.481 e. The topological polar surface area (TPSA) is 91.7 Å². The number of benzene rings is 1. The van der Waals surface area contributed by atoms with Gasteiger partial charge in [-0.05, 0) is 42.9 Å². The van der Waals surface area contributed by atoms with E-state index in [1.54, 1.807) is 6.20 Å². The quantitative estimate of drug-likeness (QED) is 0.215. The molecule has 0 aliphatic heterocycles. The first kappa shape index (κ1) is 29.8. The molecule has 0 spiro atoms. The molecule has 36 heavy (non-hydrogen) atoms. The Morgan fingerprint density at radius 3 is 2.25 bits per heavy atom. The Morgan fingerprint density at radius 2 is 1.69 bits per heavy atom. The van der Waals surface area contributed by atoms with Crippen LogP contribution in [0.3, 0.4) is 0 Å². The van der Waals surface area contributed by atoms with E-state index >= 15 is 0 Å². The van der Waals surface area contributed by atoms with Crippen molar-refractivity contribution in [1.82, 2.24) is 10.3 Å². The normalized spacial score (nSPS) is 17.1. The lowest BCUT2D eigenvalue weighted by Gasteiger charge is -2.16. The molecule has 1 aliphatic rings. The number of pyridine rings is 1. The van der Waals surface area contributed by atoms with Gasteiger partial charge in [-0.15, -0.1) is 0 Å². The highest BCUT2D eigenvalue weighted by Crippen LogP contribution is 2.47. The number of rotatable bonds is 17. The number of unbranched alkanes of at least 4 members (excludes halogenated alkanes) is 7. The Bertz CT molecular complexity index is 829. The second kappa shape index (κ2) is 17.9. The number of aliphatic hydroxyl groups excluding tert-OH is 1. The van der Waals surface area contributed by atoms with Gasteiger partial charge >= 0.3 is 5.97 Å². The molecule has 0 saturated heterocycles. The molecule has 1 aliphatic carbocycles. The molecule has 1 aromatic carbocycles. The van der Waals surface area contributed by atoms with E-state index in [1.165, 1.54) is 44.9 Å². The number of nitrogens with zero attached hydrogens (tertiary/aromatic N) is 1. The van der Waals surface area contributed by atoms with Crippen LogP contribution in [0, 0.1) is 5.92 Å². The molecule has 0 unspecified atom stereocenters. The second-order valence-electron chi connectivity index (χ2n) is 9.64. The lowest BCUT2D eigenvalue weighted by Crippen LogP contribution is -2.25. The van der Waals surface area contributed by atoms with Gasteiger partial charge < -0.3 is 20.3 Å². The van der Waals surface area contributed by atoms with Crippen LogP contribution in [0.15, 0.2) is 48.7 Å². The maximum atomic E-state index is 10.5. The molecule has 2 aromatic rings. The van der Waals surface area contributed by atoms with Crippen molar-refractivity contribution < 1.29 is 19.7 Å². The number of hydrogen-bond donors (Lipinski definition) is 3. The van der Waals surface area contributed by atoms with Crippen LogP contribution in [0.4, 0.5) is 0 Å². The van der Waals surface area contributed by atoms with Crippen LogP contribution in [0.1, 0.15) is 101 Å². The predicted molar refractivity (Wildman–Crippen MR) is 145 cm³/mol. The Hall–Kier alpha value is -2.44. The van der Waals surface area contributed by atoms with E-state index in [2.05, 4.69) is 24.1 Å². The zero-order valence-corrected chi connectivity index (χ0v) is 22.2. The number of aromatic nitrogens is 1. The maximum absolute atomic E-state index is 10.5. The number of carboxylic acid groups (broad SMARTS) is 1. The summed E-state index contributed by atoms with van der Waals surface area (Å²) < 4.78 is 5.49. The highest BCUT2D eigenvalue weighted by atomic mass is 16.5. The SMILES string of the molecule is CCCCCCCCCCN[C@@H](CO)c1ccc(OCCC)nc1.O=C(O)[C@H]1C[C@@H]1c1ccccc1. The standard InChI is InChI=1S/C20H36N2O2.C10H10O2/c1-3-5-6-7-8-9-10-11-14-21-19(17-23)18-12-13-20(22-16-18)24-15-4-2;11-10(12)9-6-8(9)7-4-2-1-3-5-7/h12-13,16,19,21,23H,3-11,14-15,17H2,1-2H3;1-5,8-9H,6H2,(H,11,12)/t19-;8-,9+/m01/s1. The summed E-state index contributed by atoms with van der Waals surface area (Å²) in [6.45, 7) is 6.05. The van der Waals surface area contributed by atoms with Crippen LogP contribution >= 0.6 is 0 Å². The van der Waals surface area contributed by atoms with Crippen LogP contribution in [0.25, 0.3) is 0 Å². The fraction of sp³-hybridized carbons (Fsp3) is 0.600. The summed E-state index contributed by atoms with van der Waals surface area (Å²) in [5, 5.41) is 21.7. The van der Waals surface area contributed by atoms with Crippen LogP contribution in [-0.4, -0.2) is 40.9 Å². The summed E-state index contributed by atoms with van der Waals surface area (Å²) in [6.07, 6.45) is 14.1. The lowest BCUT2D eigenvalue weighted by atomic mass is 10.1. The Labute approximate surface area is 217 Å². The highest BCUT2D eigenvalue weighted by Gasteiger charge is 2.43. The molecule has 6 nitrogen and oxygen atoms in total. The summed E-state index contributed by atoms with van der Waals surface area (Å²) in [6, 6.07) is 13.7. The van der Waals surface area contributed by atoms with Gasteiger partial charge in [-0.3, -0.25) is 4.79 Å². The van der Waals surface area contributed by atoms with Crippen LogP contribution in [0.2, 0.25) is 0 Å². The summed E-state index contributed by atoms with van der Waals surface area (Å²) in [5.74, 6) is 0.125. The fourth-order valence-electron chi connectivity index (χ4n) is 4.25. The van der Waals surface area contributed by atoms with Gasteiger partial charge in [0.15, 0.2) is 0 Å². The smallest absolute Gasteiger partial charge is 0.307 e. The van der Waals surface area contributed by atoms with E-state index < -0.39 is 5.97 Å². The fourth-order valence-corrected chi connectivity index (χ4v) is 4.25. The van der Waals surface area contributed by atoms with Gasteiger partial charge in [-0.2, -0.15) is 0 Å². The van der Waals surface area contributed by atoms with Crippen LogP contribution in [0.5, 0.6) is 5.88 Å². The minimum Gasteiger partial charge on any atom is -0.481 e. The molecule has 1 heterocycles. The molecule has 0 amide bonds. The molecule has 1 saturated carbocycles. The van der Waals surface area contributed by atoms with E-state index in [4.69, 9.17) is 9.84 Å². The van der Waals surface area contributed by atoms with Crippen LogP contribution in [-0.2, 0) is 4.79 Å². The summed E-state index contributed by atoms with van der Waals surface area (Å²) in [5.41, 5.74) is 2.17. The van der Waals surface area contributed by atoms with E-state index in [-0.39, 0.29) is 24.5 Å². The molecule has 0 radical (unpaired) electrons. The molecule has 1 fully saturated rings. The zero-order chi connectivity index (χ0) is 26.0. The Morgan fingerprint density at radius 1 is 1.00 bits per heavy atom. The zero-order valence-electron chi connectivity index (χ0n) is 22.2. The first-order valence-corrected chi connectivity index (χ1v) is 13.8. The molecular formula is C30H46N2O4. The van der Waals surface area contributed by atoms with E-state index in [0.29, 0.717) is 12.5 Å². The minimum atomic E-state index is -0.663. The van der Waals surface area contributed by atoms with Crippen molar-refractivity contribution >= 4 is 5.97 Å². The molecule has 6 heteroatoms. The summed E-state index contributed by atoms with van der Waals surface area (Å²) in [4.78, 5) is 14.9. The number of aliphatic carboxylic acids is 1. The second-order valence-corrected chi connectivity index (χ2v) is 9.64. The highest BCUT2D eigenvalue weighted by molar-refractivity contribution is 5.75. The van der Waals surface area contributed by atoms with Gasteiger partial charge in [-0.25, -0.2) is 4.98 Å². The maximum Gasteiger partial charge on any atom is 0.307 e. The number of hydrogen-bond acceptors (Lipinski definition) is 5. The van der Waals surface area contributed by atoms with Crippen molar-refractivity contribution in [2.24, 2.45) is 5.92 Å². The van der Waals surface area contributed by atoms with Crippen LogP contribution < -0.4 is 10.1 Å². The summed E-state index contributed by atoms with van der Waals surface area (Å²) >= 11 is 0. The van der Waals surface area contributed by atoms with E-state index in [0.717, 1.165) is 36.9 Å². The average molecular weight is 499 g/mol. The number of aliphatic hydroxyl groups is 1. The van der Waals surface area contributed by atoms with Gasteiger partial charge in [0.2, 0.25) is 5.88 Å². The molecule has 3 rings (SSSR count). The van der Waals surface area contributed by atoms with Gasteiger partial charge in [0.1, 0.15) is 0 Å². The van der Waals surface area contributed by atoms with Gasteiger partial charge in [0.25, 0.3) is 0 Å². The van der Waals surface area contributed by atoms with E-state index in [1.807, 2.05) is 42.5 Å². The third-order valence-corrected chi connectivity index (χ3v) is 6.55. The van der Waals surface area contributed by atoms with Crippen molar-refractivity contribution in [2.75, 3.05) is 19.8 Å². The monoisotopic (exact) mass is 498 g/mol. The first-order valence-electron chi connectivity index (χ1n) is 13.8. The van der Waals surface area contributed by atoms with Crippen molar-refractivity contribution in [2.45, 2.75) is 90.0 Å². The number of carbonyl (C=O) groups is 1. The molecule has 3 N–H and O–H groups in total. The average Bonchev–Trinajstić information content (AvgIpc) is 3.72. The molecule has 200 valence electrons. The number of ether oxygens (including phenoxy) is 1. The third-order valence-electron chi connectivity index (χ3n) is 6.55. The third kappa shape index (κ3) is 11.5. The molecule has 1 aromatic heterocycles.